The predicted molar refractivity (Wildman–Crippen MR) is 113 cm³/mol. The van der Waals surface area contributed by atoms with Crippen LogP contribution in [0.1, 0.15) is 59.4 Å². The molecule has 2 aromatic carbocycles. The molecule has 36 heavy (non-hydrogen) atoms. The number of carbonyl (C=O) groups is 3. The van der Waals surface area contributed by atoms with Gasteiger partial charge in [0.25, 0.3) is 0 Å². The van der Waals surface area contributed by atoms with E-state index in [9.17, 15) is 45.0 Å². The number of aliphatic hydroxyl groups excluding tert-OH is 4. The van der Waals surface area contributed by atoms with Crippen LogP contribution in [0.4, 0.5) is 0 Å². The molecule has 0 aromatic heterocycles. The lowest BCUT2D eigenvalue weighted by molar-refractivity contribution is -0.232. The largest absolute Gasteiger partial charge is 1.20 e. The van der Waals surface area contributed by atoms with Crippen LogP contribution in [-0.2, 0) is 8.53 Å². The highest BCUT2D eigenvalue weighted by Gasteiger charge is 2.56. The molecule has 1 aliphatic carbocycles. The first-order chi connectivity index (χ1) is 17.1. The summed E-state index contributed by atoms with van der Waals surface area (Å²) in [4.78, 5) is 39.9. The lowest BCUT2D eigenvalue weighted by Crippen LogP contribution is -2.55. The van der Waals surface area contributed by atoms with Gasteiger partial charge in [0, 0.05) is 11.1 Å². The first-order valence-corrected chi connectivity index (χ1v) is 12.2. The Balaban J connectivity index is 1.66. The van der Waals surface area contributed by atoms with Crippen LogP contribution in [0.2, 0.25) is 0 Å². The lowest BCUT2D eigenvalue weighted by atomic mass is 9.77. The first-order valence-electron chi connectivity index (χ1n) is 10.8. The third-order valence-corrected chi connectivity index (χ3v) is 8.21. The van der Waals surface area contributed by atoms with Gasteiger partial charge >= 0.3 is 21.1 Å². The number of hydrogen-bond acceptors (Lipinski definition) is 13. The molecule has 6 N–H and O–H groups in total. The van der Waals surface area contributed by atoms with Gasteiger partial charge in [-0.25, -0.2) is 4.79 Å². The third-order valence-electron chi connectivity index (χ3n) is 6.93. The minimum Gasteiger partial charge on any atom is -0.577 e. The molecule has 2 aromatic rings. The number of benzene rings is 2. The monoisotopic (exact) mass is 516 g/mol. The quantitative estimate of drug-likeness (QED) is 0.217. The summed E-state index contributed by atoms with van der Waals surface area (Å²) in [6.45, 7) is 0.612. The minimum absolute atomic E-state index is 0.0190. The fourth-order valence-corrected chi connectivity index (χ4v) is 6.42. The van der Waals surface area contributed by atoms with Gasteiger partial charge in [-0.1, -0.05) is 0 Å². The highest BCUT2D eigenvalue weighted by Crippen LogP contribution is 2.53. The molecule has 3 aliphatic heterocycles. The van der Waals surface area contributed by atoms with Gasteiger partial charge in [-0.15, -0.1) is 0 Å². The van der Waals surface area contributed by atoms with Crippen LogP contribution < -0.4 is 7.58 Å². The smallest absolute Gasteiger partial charge is 0.577 e. The summed E-state index contributed by atoms with van der Waals surface area (Å²) in [6, 6.07) is 1.22. The van der Waals surface area contributed by atoms with Crippen LogP contribution in [0.15, 0.2) is 6.07 Å². The van der Waals surface area contributed by atoms with Gasteiger partial charge in [0.1, 0.15) is 47.8 Å². The number of ether oxygens (including phenoxy) is 1. The molecule has 6 rings (SSSR count). The topological polar surface area (TPSA) is 210 Å². The fourth-order valence-electron chi connectivity index (χ4n) is 5.17. The van der Waals surface area contributed by atoms with E-state index < -0.39 is 104 Å². The SMILES string of the molecule is Cc1c2c3cc4c1C(=O)c1c(O)c([C@@H]5O[C@H](CO)[C@@H](O)[C@@H](O)[C@H]5O)c(O)c(c1C4=O)[O][Al]([O]C2=O)[O]3. The number of carbonyl (C=O) groups excluding carboxylic acids is 3. The van der Waals surface area contributed by atoms with E-state index in [0.717, 1.165) is 0 Å². The van der Waals surface area contributed by atoms with Crippen molar-refractivity contribution in [1.82, 2.24) is 0 Å². The Morgan fingerprint density at radius 2 is 1.58 bits per heavy atom. The number of aromatic hydroxyl groups is 2. The predicted octanol–water partition coefficient (Wildman–Crippen LogP) is -1.38. The van der Waals surface area contributed by atoms with Crippen molar-refractivity contribution in [2.45, 2.75) is 37.4 Å². The number of hydrogen-bond donors (Lipinski definition) is 6. The summed E-state index contributed by atoms with van der Waals surface area (Å²) in [6.07, 6.45) is -8.76. The normalized spacial score (nSPS) is 27.8. The highest BCUT2D eigenvalue weighted by molar-refractivity contribution is 6.45. The third kappa shape index (κ3) is 2.80. The van der Waals surface area contributed by atoms with Crippen molar-refractivity contribution in [1.29, 1.82) is 0 Å². The summed E-state index contributed by atoms with van der Waals surface area (Å²) in [5.74, 6) is -5.10. The van der Waals surface area contributed by atoms with E-state index in [0.29, 0.717) is 0 Å². The van der Waals surface area contributed by atoms with E-state index in [1.54, 1.807) is 0 Å². The summed E-state index contributed by atoms with van der Waals surface area (Å²) >= 11 is -3.46. The average Bonchev–Trinajstić information content (AvgIpc) is 2.84. The lowest BCUT2D eigenvalue weighted by Gasteiger charge is -2.41. The molecule has 0 radical (unpaired) electrons. The van der Waals surface area contributed by atoms with E-state index in [-0.39, 0.29) is 28.0 Å². The highest BCUT2D eigenvalue weighted by atomic mass is 27.3. The Morgan fingerprint density at radius 1 is 0.861 bits per heavy atom. The van der Waals surface area contributed by atoms with Gasteiger partial charge in [0.05, 0.1) is 28.9 Å². The molecule has 3 heterocycles. The van der Waals surface area contributed by atoms with Crippen LogP contribution in [0.3, 0.4) is 0 Å². The fraction of sp³-hybridized carbons (Fsp3) is 0.318. The molecule has 1 fully saturated rings. The molecular weight excluding hydrogens is 499 g/mol. The number of rotatable bonds is 2. The zero-order valence-electron chi connectivity index (χ0n) is 18.3. The molecular formula is C22H17AlO13. The minimum atomic E-state index is -3.46. The molecule has 0 saturated carbocycles. The van der Waals surface area contributed by atoms with Crippen molar-refractivity contribution in [3.05, 3.63) is 45.0 Å². The molecule has 0 unspecified atom stereocenters. The van der Waals surface area contributed by atoms with Gasteiger partial charge in [0.2, 0.25) is 0 Å². The average molecular weight is 516 g/mol. The Bertz CT molecular complexity index is 1400. The van der Waals surface area contributed by atoms with Gasteiger partial charge in [-0.05, 0) is 18.6 Å². The van der Waals surface area contributed by atoms with E-state index in [1.165, 1.54) is 13.0 Å². The van der Waals surface area contributed by atoms with Crippen molar-refractivity contribution in [2.24, 2.45) is 0 Å². The first kappa shape index (κ1) is 23.2. The summed E-state index contributed by atoms with van der Waals surface area (Å²) in [5.41, 5.74) is -2.06. The zero-order chi connectivity index (χ0) is 25.8. The van der Waals surface area contributed by atoms with Crippen LogP contribution in [0, 0.1) is 6.92 Å². The molecule has 4 bridgehead atoms. The number of phenolic OH excluding ortho intramolecular Hbond substituents is 2. The molecule has 4 aliphatic rings. The Labute approximate surface area is 206 Å². The molecule has 0 spiro atoms. The van der Waals surface area contributed by atoms with Gasteiger partial charge in [-0.2, -0.15) is 0 Å². The van der Waals surface area contributed by atoms with E-state index >= 15 is 0 Å². The maximum Gasteiger partial charge on any atom is 1.20 e. The van der Waals surface area contributed by atoms with Gasteiger partial charge < -0.3 is 46.7 Å². The second kappa shape index (κ2) is 7.64. The van der Waals surface area contributed by atoms with Crippen molar-refractivity contribution in [3.63, 3.8) is 0 Å². The summed E-state index contributed by atoms with van der Waals surface area (Å²) < 4.78 is 22.0. The molecule has 0 amide bonds. The van der Waals surface area contributed by atoms with E-state index in [4.69, 9.17) is 16.1 Å². The van der Waals surface area contributed by atoms with Crippen LogP contribution in [0.25, 0.3) is 0 Å². The molecule has 13 nitrogen and oxygen atoms in total. The number of fused-ring (bicyclic) bond motifs is 1. The summed E-state index contributed by atoms with van der Waals surface area (Å²) in [7, 11) is 0. The summed E-state index contributed by atoms with van der Waals surface area (Å²) in [5, 5.41) is 62.9. The van der Waals surface area contributed by atoms with Crippen molar-refractivity contribution in [3.8, 4) is 23.0 Å². The molecule has 1 saturated heterocycles. The van der Waals surface area contributed by atoms with E-state index in [2.05, 4.69) is 0 Å². The standard InChI is InChI=1S/C22H20O13.Al/c1-4-8-5(2-6(24)9(4)22(33)34)13(25)10-11(15(8)27)16(28)12(18(30)17(10)29)21-20(32)19(31)14(26)7(3-23)35-21;/h2,7,14,19-21,23-24,26,28-32H,3H2,1H3,(H,33,34);/q;+3/p-3/t7-,14-,19-,20-,21+;/m1./s1. The Kier molecular flexibility index (Phi) is 4.92. The van der Waals surface area contributed by atoms with Crippen LogP contribution in [-0.4, -0.2) is 94.3 Å². The maximum atomic E-state index is 13.7. The second-order valence-corrected chi connectivity index (χ2v) is 10.1. The number of phenols is 2. The zero-order valence-corrected chi connectivity index (χ0v) is 19.4. The molecule has 186 valence electrons. The van der Waals surface area contributed by atoms with Crippen molar-refractivity contribution in [2.75, 3.05) is 6.61 Å². The van der Waals surface area contributed by atoms with Gasteiger partial charge in [0.15, 0.2) is 17.3 Å². The van der Waals surface area contributed by atoms with E-state index in [1.807, 2.05) is 0 Å². The molecule has 14 heteroatoms. The molecule has 5 atom stereocenters. The number of ketones is 2. The maximum absolute atomic E-state index is 13.7. The Morgan fingerprint density at radius 3 is 2.28 bits per heavy atom. The van der Waals surface area contributed by atoms with Crippen molar-refractivity contribution < 1.29 is 61.1 Å². The Hall–Kier alpha value is -3.22. The van der Waals surface area contributed by atoms with Gasteiger partial charge in [-0.3, -0.25) is 9.59 Å². The second-order valence-electron chi connectivity index (χ2n) is 8.82. The van der Waals surface area contributed by atoms with Crippen LogP contribution >= 0.6 is 0 Å². The van der Waals surface area contributed by atoms with Crippen LogP contribution in [0.5, 0.6) is 23.0 Å². The number of aliphatic hydroxyl groups is 4. The van der Waals surface area contributed by atoms with Crippen molar-refractivity contribution >= 4 is 32.7 Å².